The maximum atomic E-state index is 11.4. The molecular weight excluding hydrogens is 891 g/mol. The van der Waals surface area contributed by atoms with E-state index in [1.54, 1.807) is 0 Å². The molecule has 0 radical (unpaired) electrons. The lowest BCUT2D eigenvalue weighted by Gasteiger charge is -2.44. The highest BCUT2D eigenvalue weighted by molar-refractivity contribution is 14.1. The fourth-order valence-electron chi connectivity index (χ4n) is 7.20. The molecule has 0 aromatic carbocycles. The van der Waals surface area contributed by atoms with Crippen molar-refractivity contribution >= 4 is 74.8 Å². The summed E-state index contributed by atoms with van der Waals surface area (Å²) in [4.78, 5) is 15.1. The number of ether oxygens (including phenoxy) is 3. The summed E-state index contributed by atoms with van der Waals surface area (Å²) < 4.78 is 66.7. The minimum atomic E-state index is -3.61. The van der Waals surface area contributed by atoms with Gasteiger partial charge in [0.2, 0.25) is 5.89 Å². The van der Waals surface area contributed by atoms with Crippen LogP contribution < -0.4 is 0 Å². The first-order chi connectivity index (χ1) is 25.5. The number of rotatable bonds is 15. The Morgan fingerprint density at radius 2 is 1.78 bits per heavy atom. The third kappa shape index (κ3) is 15.8. The van der Waals surface area contributed by atoms with Crippen LogP contribution in [0, 0.1) is 17.8 Å². The Morgan fingerprint density at radius 3 is 2.38 bits per heavy atom. The van der Waals surface area contributed by atoms with Crippen LogP contribution in [0.5, 0.6) is 0 Å². The Labute approximate surface area is 353 Å². The fourth-order valence-corrected chi connectivity index (χ4v) is 9.49. The Morgan fingerprint density at radius 1 is 1.11 bits per heavy atom. The van der Waals surface area contributed by atoms with Crippen molar-refractivity contribution in [1.82, 2.24) is 4.98 Å². The number of carbonyl (C=O) groups excluding carboxylic acids is 1. The summed E-state index contributed by atoms with van der Waals surface area (Å²) in [7, 11) is -3.12. The van der Waals surface area contributed by atoms with E-state index in [0.29, 0.717) is 49.3 Å². The van der Waals surface area contributed by atoms with E-state index < -0.39 is 18.4 Å². The van der Waals surface area contributed by atoms with Crippen molar-refractivity contribution in [3.05, 3.63) is 39.7 Å². The standard InChI is InChI=1S/C25H45BNO8PS2Si.C13H21IO2/c1-17-10-18(8-9-31-26(36)37)33-19(11-17)12-20-13-21(35-39(6,7)25(2,3)4)14-23(34-20)22-15-30-24(27-22)16-32-38(5,28)29;1-8(7-14)13-11(4)9(2)10(3)12(16-13)5-6-15/h15,18-21,23,37H,1,8-14,16,36H2,2-7H3;6-7,9-13H,5H2,1-4H3/b;8-7+/t18-,19+,20+,21+,23+;9-,10+,11+,12+,13-/m00/s1. The van der Waals surface area contributed by atoms with Crippen LogP contribution in [0.25, 0.3) is 0 Å². The molecule has 3 fully saturated rings. The maximum absolute atomic E-state index is 11.4. The Hall–Kier alpha value is -0.138. The lowest BCUT2D eigenvalue weighted by molar-refractivity contribution is -0.131. The number of nitrogens with zero attached hydrogens (tertiary/aromatic N) is 1. The van der Waals surface area contributed by atoms with Crippen molar-refractivity contribution in [2.24, 2.45) is 17.8 Å². The van der Waals surface area contributed by atoms with Crippen LogP contribution >= 0.6 is 44.2 Å². The number of thiol groups is 1. The zero-order chi connectivity index (χ0) is 41.3. The molecule has 55 heavy (non-hydrogen) atoms. The number of hydrogen-bond donors (Lipinski definition) is 1. The lowest BCUT2D eigenvalue weighted by atomic mass is 9.74. The molecule has 3 saturated heterocycles. The van der Waals surface area contributed by atoms with E-state index >= 15 is 0 Å². The van der Waals surface area contributed by atoms with Gasteiger partial charge in [-0.1, -0.05) is 76.3 Å². The van der Waals surface area contributed by atoms with Crippen LogP contribution in [0.15, 0.2) is 32.5 Å². The zero-order valence-corrected chi connectivity index (χ0v) is 40.5. The van der Waals surface area contributed by atoms with Crippen LogP contribution in [0.2, 0.25) is 18.1 Å². The summed E-state index contributed by atoms with van der Waals surface area (Å²) in [5.74, 6) is 1.57. The molecule has 0 aliphatic carbocycles. The van der Waals surface area contributed by atoms with E-state index in [4.69, 9.17) is 31.9 Å². The molecule has 1 aromatic heterocycles. The van der Waals surface area contributed by atoms with Gasteiger partial charge in [0.1, 0.15) is 31.0 Å². The van der Waals surface area contributed by atoms with Gasteiger partial charge in [-0.3, -0.25) is 4.18 Å². The zero-order valence-electron chi connectivity index (χ0n) is 34.5. The largest absolute Gasteiger partial charge is 0.446 e. The van der Waals surface area contributed by atoms with Gasteiger partial charge in [0.15, 0.2) is 8.32 Å². The Kier molecular flexibility index (Phi) is 19.6. The van der Waals surface area contributed by atoms with Crippen LogP contribution in [0.4, 0.5) is 0 Å². The molecule has 3 aliphatic rings. The van der Waals surface area contributed by atoms with Crippen molar-refractivity contribution in [2.45, 2.75) is 161 Å². The van der Waals surface area contributed by atoms with Gasteiger partial charge in [-0.25, -0.2) is 4.98 Å². The highest BCUT2D eigenvalue weighted by Crippen LogP contribution is 2.43. The van der Waals surface area contributed by atoms with Gasteiger partial charge in [0, 0.05) is 25.9 Å². The van der Waals surface area contributed by atoms with Crippen LogP contribution in [0.3, 0.4) is 0 Å². The molecule has 11 atom stereocenters. The third-order valence-electron chi connectivity index (χ3n) is 11.6. The predicted octanol–water partition coefficient (Wildman–Crippen LogP) is 9.04. The molecule has 314 valence electrons. The van der Waals surface area contributed by atoms with Crippen molar-refractivity contribution in [2.75, 3.05) is 12.9 Å². The number of oxazole rings is 1. The Bertz CT molecular complexity index is 1530. The molecule has 17 heteroatoms. The summed E-state index contributed by atoms with van der Waals surface area (Å²) in [5.41, 5.74) is 3.05. The fraction of sp³-hybridized carbons (Fsp3) is 0.789. The number of carbonyl (C=O) groups is 1. The number of aromatic nitrogens is 1. The summed E-state index contributed by atoms with van der Waals surface area (Å²) in [6.07, 6.45) is 8.38. The number of aldehydes is 1. The molecule has 0 bridgehead atoms. The maximum Gasteiger partial charge on any atom is 0.380 e. The molecular formula is C38H66BINO10PS2Si. The van der Waals surface area contributed by atoms with Crippen molar-refractivity contribution in [3.63, 3.8) is 0 Å². The highest BCUT2D eigenvalue weighted by atomic mass is 127. The minimum absolute atomic E-state index is 0.00701. The SMILES string of the molecule is C/C(=C\I)[C@@H]1O[C@H](CC=O)[C@H](C)[C@H](C)[C@H]1C.C=C1C[C@H](C[C@@H]2C[C@@H](O[Si](C)(C)C(C)(C)C)C[C@H](c3coc(COS(C)(=O)=O)n3)O2)O[C@@H](CCOB(P)S)C1. The first-order valence-corrected chi connectivity index (χ1v) is 26.5. The van der Waals surface area contributed by atoms with Gasteiger partial charge in [0.25, 0.3) is 10.1 Å². The first kappa shape index (κ1) is 49.2. The van der Waals surface area contributed by atoms with Gasteiger partial charge >= 0.3 is 5.91 Å². The molecule has 1 unspecified atom stereocenters. The van der Waals surface area contributed by atoms with E-state index in [-0.39, 0.29) is 66.2 Å². The molecule has 0 saturated carbocycles. The molecule has 1 aromatic rings. The second kappa shape index (κ2) is 21.9. The van der Waals surface area contributed by atoms with Gasteiger partial charge in [-0.05, 0) is 78.1 Å². The first-order valence-electron chi connectivity index (χ1n) is 19.4. The third-order valence-corrected chi connectivity index (χ3v) is 18.0. The van der Waals surface area contributed by atoms with Crippen LogP contribution in [-0.2, 0) is 49.0 Å². The average Bonchev–Trinajstić information content (AvgIpc) is 3.56. The van der Waals surface area contributed by atoms with Gasteiger partial charge in [0.05, 0.1) is 42.9 Å². The molecule has 0 N–H and O–H groups in total. The Balaban J connectivity index is 0.000000424. The molecule has 0 spiro atoms. The van der Waals surface area contributed by atoms with Crippen LogP contribution in [-0.4, -0.2) is 83.4 Å². The van der Waals surface area contributed by atoms with Crippen molar-refractivity contribution in [1.29, 1.82) is 0 Å². The van der Waals surface area contributed by atoms with E-state index in [2.05, 4.69) is 121 Å². The quantitative estimate of drug-likeness (QED) is 0.0344. The van der Waals surface area contributed by atoms with E-state index in [9.17, 15) is 13.2 Å². The van der Waals surface area contributed by atoms with E-state index in [0.717, 1.165) is 38.2 Å². The van der Waals surface area contributed by atoms with Crippen molar-refractivity contribution < 1.29 is 45.1 Å². The molecule has 4 heterocycles. The summed E-state index contributed by atoms with van der Waals surface area (Å²) in [6, 6.07) is 0. The molecule has 3 aliphatic heterocycles. The smallest absolute Gasteiger partial charge is 0.380 e. The van der Waals surface area contributed by atoms with Gasteiger partial charge in [-0.15, -0.1) is 9.12 Å². The monoisotopic (exact) mass is 957 g/mol. The van der Waals surface area contributed by atoms with Crippen LogP contribution in [0.1, 0.15) is 111 Å². The second-order valence-corrected chi connectivity index (χ2v) is 25.8. The van der Waals surface area contributed by atoms with Gasteiger partial charge < -0.3 is 32.5 Å². The average molecular weight is 958 g/mol. The topological polar surface area (TPSA) is 133 Å². The van der Waals surface area contributed by atoms with E-state index in [1.165, 1.54) is 17.4 Å². The normalized spacial score (nSPS) is 31.1. The number of hydrogen-bond acceptors (Lipinski definition) is 12. The number of halogens is 1. The second-order valence-electron chi connectivity index (χ2n) is 17.1. The minimum Gasteiger partial charge on any atom is -0.446 e. The van der Waals surface area contributed by atoms with Gasteiger partial charge in [-0.2, -0.15) is 20.9 Å². The lowest BCUT2D eigenvalue weighted by Crippen LogP contribution is -2.47. The molecule has 0 amide bonds. The van der Waals surface area contributed by atoms with E-state index in [1.807, 2.05) is 0 Å². The summed E-state index contributed by atoms with van der Waals surface area (Å²) >= 11 is 6.50. The molecule has 4 rings (SSSR count). The summed E-state index contributed by atoms with van der Waals surface area (Å²) in [5, 5.41) is 0.0723. The van der Waals surface area contributed by atoms with Crippen molar-refractivity contribution in [3.8, 4) is 0 Å². The molecule has 11 nitrogen and oxygen atoms in total. The predicted molar refractivity (Wildman–Crippen MR) is 236 cm³/mol. The summed E-state index contributed by atoms with van der Waals surface area (Å²) in [6.45, 7) is 24.6. The highest BCUT2D eigenvalue weighted by Gasteiger charge is 2.43.